The second-order valence-electron chi connectivity index (χ2n) is 3.08. The minimum Gasteiger partial charge on any atom is -0.356 e. The highest BCUT2D eigenvalue weighted by Gasteiger charge is 2.00. The summed E-state index contributed by atoms with van der Waals surface area (Å²) in [4.78, 5) is 11.1. The first-order valence-electron chi connectivity index (χ1n) is 4.83. The molecule has 0 aromatic carbocycles. The molecule has 0 aliphatic heterocycles. The fraction of sp³-hybridized carbons (Fsp3) is 0.700. The molecule has 0 fully saturated rings. The van der Waals surface area contributed by atoms with Crippen molar-refractivity contribution < 1.29 is 4.79 Å². The van der Waals surface area contributed by atoms with Gasteiger partial charge in [0.15, 0.2) is 0 Å². The third-order valence-corrected chi connectivity index (χ3v) is 1.74. The van der Waals surface area contributed by atoms with Crippen molar-refractivity contribution in [2.75, 3.05) is 13.1 Å². The van der Waals surface area contributed by atoms with Crippen LogP contribution in [-0.4, -0.2) is 25.0 Å². The zero-order valence-electron chi connectivity index (χ0n) is 8.60. The summed E-state index contributed by atoms with van der Waals surface area (Å²) in [5.41, 5.74) is 0. The van der Waals surface area contributed by atoms with Crippen LogP contribution in [0.1, 0.15) is 26.7 Å². The van der Waals surface area contributed by atoms with Crippen molar-refractivity contribution in [1.82, 2.24) is 10.6 Å². The Balaban J connectivity index is 3.31. The van der Waals surface area contributed by atoms with Crippen molar-refractivity contribution in [3.63, 3.8) is 0 Å². The molecule has 0 aliphatic rings. The molecule has 3 heteroatoms. The molecule has 0 aromatic rings. The monoisotopic (exact) mass is 184 g/mol. The van der Waals surface area contributed by atoms with E-state index in [0.29, 0.717) is 13.0 Å². The standard InChI is InChI=1S/C10H20N2O/c1-4-7-12-10(13)6-8-11-9(3)5-2/h5,9,11H,2,4,6-8H2,1,3H3,(H,12,13). The molecule has 0 bridgehead atoms. The molecule has 3 nitrogen and oxygen atoms in total. The van der Waals surface area contributed by atoms with E-state index in [-0.39, 0.29) is 11.9 Å². The van der Waals surface area contributed by atoms with Gasteiger partial charge in [-0.25, -0.2) is 0 Å². The lowest BCUT2D eigenvalue weighted by Crippen LogP contribution is -2.31. The average molecular weight is 184 g/mol. The molecule has 1 atom stereocenters. The van der Waals surface area contributed by atoms with Gasteiger partial charge in [-0.15, -0.1) is 6.58 Å². The van der Waals surface area contributed by atoms with Crippen molar-refractivity contribution in [3.05, 3.63) is 12.7 Å². The summed E-state index contributed by atoms with van der Waals surface area (Å²) in [6.07, 6.45) is 3.35. The Morgan fingerprint density at radius 3 is 2.77 bits per heavy atom. The Morgan fingerprint density at radius 1 is 1.54 bits per heavy atom. The fourth-order valence-corrected chi connectivity index (χ4v) is 0.850. The molecular weight excluding hydrogens is 164 g/mol. The highest BCUT2D eigenvalue weighted by molar-refractivity contribution is 5.75. The van der Waals surface area contributed by atoms with E-state index in [1.807, 2.05) is 19.9 Å². The molecule has 13 heavy (non-hydrogen) atoms. The van der Waals surface area contributed by atoms with E-state index in [4.69, 9.17) is 0 Å². The Bertz CT molecular complexity index is 157. The minimum absolute atomic E-state index is 0.116. The van der Waals surface area contributed by atoms with E-state index in [0.717, 1.165) is 13.0 Å². The second-order valence-corrected chi connectivity index (χ2v) is 3.08. The zero-order valence-corrected chi connectivity index (χ0v) is 8.60. The highest BCUT2D eigenvalue weighted by atomic mass is 16.1. The van der Waals surface area contributed by atoms with Crippen LogP contribution in [0.4, 0.5) is 0 Å². The topological polar surface area (TPSA) is 41.1 Å². The van der Waals surface area contributed by atoms with Gasteiger partial charge in [-0.2, -0.15) is 0 Å². The van der Waals surface area contributed by atoms with Crippen molar-refractivity contribution in [2.24, 2.45) is 0 Å². The van der Waals surface area contributed by atoms with Crippen molar-refractivity contribution in [2.45, 2.75) is 32.7 Å². The zero-order chi connectivity index (χ0) is 10.1. The number of hydrogen-bond donors (Lipinski definition) is 2. The van der Waals surface area contributed by atoms with Gasteiger partial charge in [0.25, 0.3) is 0 Å². The second kappa shape index (κ2) is 7.80. The van der Waals surface area contributed by atoms with Crippen LogP contribution in [0.25, 0.3) is 0 Å². The molecule has 0 spiro atoms. The molecule has 1 amide bonds. The third-order valence-electron chi connectivity index (χ3n) is 1.74. The molecule has 0 aliphatic carbocycles. The first-order valence-corrected chi connectivity index (χ1v) is 4.83. The van der Waals surface area contributed by atoms with Gasteiger partial charge in [0.2, 0.25) is 5.91 Å². The normalized spacial score (nSPS) is 12.2. The molecule has 0 saturated heterocycles. The van der Waals surface area contributed by atoms with Crippen LogP contribution in [-0.2, 0) is 4.79 Å². The lowest BCUT2D eigenvalue weighted by Gasteiger charge is -2.08. The molecule has 76 valence electrons. The summed E-state index contributed by atoms with van der Waals surface area (Å²) in [6, 6.07) is 0.277. The third kappa shape index (κ3) is 7.53. The largest absolute Gasteiger partial charge is 0.356 e. The van der Waals surface area contributed by atoms with Gasteiger partial charge in [0.05, 0.1) is 0 Å². The van der Waals surface area contributed by atoms with Gasteiger partial charge in [0, 0.05) is 25.6 Å². The first-order chi connectivity index (χ1) is 6.20. The molecule has 0 rings (SSSR count). The Labute approximate surface area is 80.6 Å². The smallest absolute Gasteiger partial charge is 0.221 e. The summed E-state index contributed by atoms with van der Waals surface area (Å²) < 4.78 is 0. The van der Waals surface area contributed by atoms with Gasteiger partial charge in [-0.1, -0.05) is 13.0 Å². The van der Waals surface area contributed by atoms with E-state index in [9.17, 15) is 4.79 Å². The number of carbonyl (C=O) groups excluding carboxylic acids is 1. The molecule has 0 radical (unpaired) electrons. The molecule has 0 saturated carbocycles. The predicted octanol–water partition coefficient (Wildman–Crippen LogP) is 1.07. The van der Waals surface area contributed by atoms with Crippen LogP contribution in [0.2, 0.25) is 0 Å². The van der Waals surface area contributed by atoms with Gasteiger partial charge < -0.3 is 10.6 Å². The Kier molecular flexibility index (Phi) is 7.30. The highest BCUT2D eigenvalue weighted by Crippen LogP contribution is 1.83. The van der Waals surface area contributed by atoms with E-state index in [1.54, 1.807) is 0 Å². The van der Waals surface area contributed by atoms with E-state index in [2.05, 4.69) is 17.2 Å². The van der Waals surface area contributed by atoms with Crippen molar-refractivity contribution in [1.29, 1.82) is 0 Å². The van der Waals surface area contributed by atoms with Crippen molar-refractivity contribution in [3.8, 4) is 0 Å². The SMILES string of the molecule is C=CC(C)NCCC(=O)NCCC. The molecular formula is C10H20N2O. The maximum Gasteiger partial charge on any atom is 0.221 e. The number of amides is 1. The summed E-state index contributed by atoms with van der Waals surface area (Å²) in [5, 5.41) is 5.98. The maximum atomic E-state index is 11.1. The van der Waals surface area contributed by atoms with Crippen molar-refractivity contribution >= 4 is 5.91 Å². The first kappa shape index (κ1) is 12.2. The maximum absolute atomic E-state index is 11.1. The lowest BCUT2D eigenvalue weighted by atomic mass is 10.3. The Hall–Kier alpha value is -0.830. The van der Waals surface area contributed by atoms with E-state index < -0.39 is 0 Å². The van der Waals surface area contributed by atoms with E-state index >= 15 is 0 Å². The number of carbonyl (C=O) groups is 1. The van der Waals surface area contributed by atoms with Crippen LogP contribution in [0.3, 0.4) is 0 Å². The minimum atomic E-state index is 0.116. The van der Waals surface area contributed by atoms with Crippen LogP contribution in [0, 0.1) is 0 Å². The fourth-order valence-electron chi connectivity index (χ4n) is 0.850. The van der Waals surface area contributed by atoms with E-state index in [1.165, 1.54) is 0 Å². The quantitative estimate of drug-likeness (QED) is 0.581. The number of rotatable bonds is 7. The molecule has 0 aromatic heterocycles. The van der Waals surface area contributed by atoms with Gasteiger partial charge >= 0.3 is 0 Å². The van der Waals surface area contributed by atoms with Crippen LogP contribution < -0.4 is 10.6 Å². The lowest BCUT2D eigenvalue weighted by molar-refractivity contribution is -0.120. The predicted molar refractivity (Wildman–Crippen MR) is 55.6 cm³/mol. The Morgan fingerprint density at radius 2 is 2.23 bits per heavy atom. The van der Waals surface area contributed by atoms with Gasteiger partial charge in [-0.3, -0.25) is 4.79 Å². The molecule has 1 unspecified atom stereocenters. The number of hydrogen-bond acceptors (Lipinski definition) is 2. The molecule has 2 N–H and O–H groups in total. The van der Waals surface area contributed by atoms with Gasteiger partial charge in [-0.05, 0) is 13.3 Å². The van der Waals surface area contributed by atoms with Gasteiger partial charge in [0.1, 0.15) is 0 Å². The van der Waals surface area contributed by atoms with Crippen LogP contribution in [0.15, 0.2) is 12.7 Å². The molecule has 0 heterocycles. The number of nitrogens with one attached hydrogen (secondary N) is 2. The summed E-state index contributed by atoms with van der Waals surface area (Å²) in [5.74, 6) is 0.116. The summed E-state index contributed by atoms with van der Waals surface area (Å²) >= 11 is 0. The van der Waals surface area contributed by atoms with Crippen LogP contribution in [0.5, 0.6) is 0 Å². The van der Waals surface area contributed by atoms with Crippen LogP contribution >= 0.6 is 0 Å². The average Bonchev–Trinajstić information content (AvgIpc) is 2.14. The summed E-state index contributed by atoms with van der Waals surface area (Å²) in [7, 11) is 0. The summed E-state index contributed by atoms with van der Waals surface area (Å²) in [6.45, 7) is 9.18.